The third kappa shape index (κ3) is 4.16. The minimum absolute atomic E-state index is 0.193. The topological polar surface area (TPSA) is 110 Å². The Morgan fingerprint density at radius 1 is 1.31 bits per heavy atom. The second-order valence-electron chi connectivity index (χ2n) is 4.56. The fourth-order valence-electron chi connectivity index (χ4n) is 1.02. The number of carboxylic acid groups (broad SMARTS) is 1. The summed E-state index contributed by atoms with van der Waals surface area (Å²) in [6.45, 7) is 4.97. The van der Waals surface area contributed by atoms with Gasteiger partial charge in [0.25, 0.3) is 5.60 Å². The number of carboxylic acids is 1. The quantitative estimate of drug-likeness (QED) is 0.451. The van der Waals surface area contributed by atoms with Crippen molar-refractivity contribution in [2.75, 3.05) is 6.54 Å². The molecular formula is C10H19NO5. The monoisotopic (exact) mass is 233 g/mol. The standard InChI is InChI=1S/C10H19NO5/c1-9(2,3)16-8(14)10(15,7(12)13)5-4-6-11/h15H,4-6,11H2,1-3H3,(H,12,13)/t10-/m0/s1. The van der Waals surface area contributed by atoms with E-state index in [4.69, 9.17) is 15.6 Å². The van der Waals surface area contributed by atoms with Crippen LogP contribution in [0.15, 0.2) is 0 Å². The van der Waals surface area contributed by atoms with Gasteiger partial charge in [-0.3, -0.25) is 0 Å². The van der Waals surface area contributed by atoms with Crippen LogP contribution in [0.4, 0.5) is 0 Å². The molecule has 6 heteroatoms. The molecule has 94 valence electrons. The molecule has 0 rings (SSSR count). The summed E-state index contributed by atoms with van der Waals surface area (Å²) in [5.74, 6) is -2.77. The predicted molar refractivity (Wildman–Crippen MR) is 56.7 cm³/mol. The molecule has 0 amide bonds. The number of hydrogen-bond donors (Lipinski definition) is 3. The molecule has 0 radical (unpaired) electrons. The van der Waals surface area contributed by atoms with E-state index < -0.39 is 23.1 Å². The highest BCUT2D eigenvalue weighted by atomic mass is 16.6. The van der Waals surface area contributed by atoms with Crippen molar-refractivity contribution in [1.29, 1.82) is 0 Å². The molecular weight excluding hydrogens is 214 g/mol. The molecule has 4 N–H and O–H groups in total. The van der Waals surface area contributed by atoms with Crippen LogP contribution in [0.5, 0.6) is 0 Å². The van der Waals surface area contributed by atoms with Gasteiger partial charge in [0.05, 0.1) is 0 Å². The number of aliphatic carboxylic acids is 1. The molecule has 0 unspecified atom stereocenters. The van der Waals surface area contributed by atoms with Crippen molar-refractivity contribution >= 4 is 11.9 Å². The van der Waals surface area contributed by atoms with Crippen molar-refractivity contribution in [2.45, 2.75) is 44.8 Å². The number of carbonyl (C=O) groups excluding carboxylic acids is 1. The predicted octanol–water partition coefficient (Wildman–Crippen LogP) is -0.117. The Bertz CT molecular complexity index is 271. The summed E-state index contributed by atoms with van der Waals surface area (Å²) in [6, 6.07) is 0. The molecule has 0 bridgehead atoms. The first-order chi connectivity index (χ1) is 7.13. The largest absolute Gasteiger partial charge is 0.479 e. The number of aliphatic hydroxyl groups is 1. The van der Waals surface area contributed by atoms with Gasteiger partial charge in [-0.1, -0.05) is 0 Å². The van der Waals surface area contributed by atoms with Crippen molar-refractivity contribution < 1.29 is 24.5 Å². The smallest absolute Gasteiger partial charge is 0.350 e. The molecule has 1 atom stereocenters. The molecule has 0 aliphatic heterocycles. The van der Waals surface area contributed by atoms with Gasteiger partial charge in [0.2, 0.25) is 0 Å². The minimum Gasteiger partial charge on any atom is -0.479 e. The SMILES string of the molecule is CC(C)(C)OC(=O)[C@](O)(CCCN)C(=O)O. The Morgan fingerprint density at radius 3 is 2.12 bits per heavy atom. The average molecular weight is 233 g/mol. The lowest BCUT2D eigenvalue weighted by atomic mass is 9.97. The van der Waals surface area contributed by atoms with Crippen LogP contribution in [0, 0.1) is 0 Å². The fraction of sp³-hybridized carbons (Fsp3) is 0.800. The Balaban J connectivity index is 4.77. The second kappa shape index (κ2) is 5.27. The Hall–Kier alpha value is -1.14. The molecule has 0 heterocycles. The lowest BCUT2D eigenvalue weighted by molar-refractivity contribution is -0.188. The van der Waals surface area contributed by atoms with Crippen LogP contribution in [0.2, 0.25) is 0 Å². The Labute approximate surface area is 94.4 Å². The number of esters is 1. The number of rotatable bonds is 5. The number of carbonyl (C=O) groups is 2. The zero-order chi connectivity index (χ0) is 13.0. The molecule has 0 aromatic heterocycles. The summed E-state index contributed by atoms with van der Waals surface area (Å²) >= 11 is 0. The van der Waals surface area contributed by atoms with Crippen LogP contribution >= 0.6 is 0 Å². The number of ether oxygens (including phenoxy) is 1. The molecule has 16 heavy (non-hydrogen) atoms. The van der Waals surface area contributed by atoms with Gasteiger partial charge in [0, 0.05) is 0 Å². The fourth-order valence-corrected chi connectivity index (χ4v) is 1.02. The second-order valence-corrected chi connectivity index (χ2v) is 4.56. The summed E-state index contributed by atoms with van der Waals surface area (Å²) in [4.78, 5) is 22.4. The van der Waals surface area contributed by atoms with E-state index in [1.54, 1.807) is 20.8 Å². The summed E-state index contributed by atoms with van der Waals surface area (Å²) in [5, 5.41) is 18.6. The molecule has 0 aromatic carbocycles. The summed E-state index contributed by atoms with van der Waals surface area (Å²) in [7, 11) is 0. The molecule has 0 saturated carbocycles. The van der Waals surface area contributed by atoms with E-state index in [-0.39, 0.29) is 19.4 Å². The first kappa shape index (κ1) is 14.9. The average Bonchev–Trinajstić information content (AvgIpc) is 2.10. The zero-order valence-corrected chi connectivity index (χ0v) is 9.82. The van der Waals surface area contributed by atoms with E-state index in [1.807, 2.05) is 0 Å². The summed E-state index contributed by atoms with van der Waals surface area (Å²) in [6.07, 6.45) is -0.0320. The van der Waals surface area contributed by atoms with Crippen LogP contribution in [0.3, 0.4) is 0 Å². The lowest BCUT2D eigenvalue weighted by Crippen LogP contribution is -2.50. The highest BCUT2D eigenvalue weighted by Crippen LogP contribution is 2.19. The van der Waals surface area contributed by atoms with Crippen molar-refractivity contribution in [2.24, 2.45) is 5.73 Å². The Morgan fingerprint density at radius 2 is 1.81 bits per heavy atom. The maximum atomic E-state index is 11.5. The number of nitrogens with two attached hydrogens (primary N) is 1. The third-order valence-corrected chi connectivity index (χ3v) is 1.83. The summed E-state index contributed by atoms with van der Waals surface area (Å²) in [5.41, 5.74) is 1.86. The maximum absolute atomic E-state index is 11.5. The van der Waals surface area contributed by atoms with Gasteiger partial charge < -0.3 is 20.7 Å². The van der Waals surface area contributed by atoms with Crippen LogP contribution in [-0.2, 0) is 14.3 Å². The van der Waals surface area contributed by atoms with Crippen LogP contribution in [0.1, 0.15) is 33.6 Å². The van der Waals surface area contributed by atoms with E-state index >= 15 is 0 Å². The minimum atomic E-state index is -2.51. The molecule has 0 aliphatic carbocycles. The van der Waals surface area contributed by atoms with Crippen LogP contribution in [-0.4, -0.2) is 39.9 Å². The van der Waals surface area contributed by atoms with Gasteiger partial charge in [-0.05, 0) is 40.2 Å². The van der Waals surface area contributed by atoms with Crippen LogP contribution in [0.25, 0.3) is 0 Å². The first-order valence-electron chi connectivity index (χ1n) is 5.03. The molecule has 0 fully saturated rings. The van der Waals surface area contributed by atoms with Gasteiger partial charge in [0.15, 0.2) is 0 Å². The maximum Gasteiger partial charge on any atom is 0.350 e. The van der Waals surface area contributed by atoms with Gasteiger partial charge in [-0.25, -0.2) is 9.59 Å². The zero-order valence-electron chi connectivity index (χ0n) is 9.82. The van der Waals surface area contributed by atoms with Gasteiger partial charge in [0.1, 0.15) is 5.60 Å². The van der Waals surface area contributed by atoms with Gasteiger partial charge in [-0.2, -0.15) is 0 Å². The highest BCUT2D eigenvalue weighted by Gasteiger charge is 2.46. The third-order valence-electron chi connectivity index (χ3n) is 1.83. The van der Waals surface area contributed by atoms with E-state index in [9.17, 15) is 14.7 Å². The highest BCUT2D eigenvalue weighted by molar-refractivity contribution is 6.02. The van der Waals surface area contributed by atoms with Crippen molar-refractivity contribution in [3.63, 3.8) is 0 Å². The Kier molecular flexibility index (Phi) is 4.89. The lowest BCUT2D eigenvalue weighted by Gasteiger charge is -2.27. The van der Waals surface area contributed by atoms with E-state index in [0.29, 0.717) is 0 Å². The van der Waals surface area contributed by atoms with Crippen LogP contribution < -0.4 is 5.73 Å². The van der Waals surface area contributed by atoms with E-state index in [0.717, 1.165) is 0 Å². The first-order valence-corrected chi connectivity index (χ1v) is 5.03. The van der Waals surface area contributed by atoms with Gasteiger partial charge in [-0.15, -0.1) is 0 Å². The van der Waals surface area contributed by atoms with E-state index in [2.05, 4.69) is 0 Å². The molecule has 0 spiro atoms. The van der Waals surface area contributed by atoms with Crippen molar-refractivity contribution in [3.8, 4) is 0 Å². The molecule has 6 nitrogen and oxygen atoms in total. The molecule has 0 aliphatic rings. The van der Waals surface area contributed by atoms with E-state index in [1.165, 1.54) is 0 Å². The normalized spacial score (nSPS) is 15.3. The number of hydrogen-bond acceptors (Lipinski definition) is 5. The summed E-state index contributed by atoms with van der Waals surface area (Å²) < 4.78 is 4.85. The molecule has 0 saturated heterocycles. The van der Waals surface area contributed by atoms with Gasteiger partial charge >= 0.3 is 11.9 Å². The van der Waals surface area contributed by atoms with Crippen molar-refractivity contribution in [1.82, 2.24) is 0 Å². The molecule has 0 aromatic rings. The van der Waals surface area contributed by atoms with Crippen molar-refractivity contribution in [3.05, 3.63) is 0 Å².